The summed E-state index contributed by atoms with van der Waals surface area (Å²) in [6.07, 6.45) is 4.53. The predicted molar refractivity (Wildman–Crippen MR) is 110 cm³/mol. The molecule has 1 aliphatic heterocycles. The van der Waals surface area contributed by atoms with Crippen molar-refractivity contribution in [3.63, 3.8) is 0 Å². The second-order valence-electron chi connectivity index (χ2n) is 7.01. The second-order valence-corrected chi connectivity index (χ2v) is 7.01. The van der Waals surface area contributed by atoms with Gasteiger partial charge in [-0.1, -0.05) is 24.8 Å². The van der Waals surface area contributed by atoms with Crippen LogP contribution in [-0.4, -0.2) is 70.7 Å². The lowest BCUT2D eigenvalue weighted by Gasteiger charge is -2.26. The van der Waals surface area contributed by atoms with Gasteiger partial charge in [0.1, 0.15) is 12.1 Å². The third-order valence-corrected chi connectivity index (χ3v) is 4.27. The van der Waals surface area contributed by atoms with Gasteiger partial charge >= 0.3 is 0 Å². The Balaban J connectivity index is 2.95. The van der Waals surface area contributed by atoms with Crippen LogP contribution in [0.5, 0.6) is 0 Å². The van der Waals surface area contributed by atoms with Crippen molar-refractivity contribution in [2.24, 2.45) is 0 Å². The van der Waals surface area contributed by atoms with E-state index in [2.05, 4.69) is 27.8 Å². The lowest BCUT2D eigenvalue weighted by atomic mass is 10.0. The Kier molecular flexibility index (Phi) is 10.5. The molecule has 30 heavy (non-hydrogen) atoms. The number of hydrogen-bond acceptors (Lipinski definition) is 6. The smallest absolute Gasteiger partial charge is 0.245 e. The van der Waals surface area contributed by atoms with Crippen LogP contribution >= 0.6 is 0 Å². The molecule has 0 fully saturated rings. The van der Waals surface area contributed by atoms with Gasteiger partial charge in [-0.05, 0) is 20.3 Å². The number of nitrogens with one attached hydrogen (secondary N) is 4. The Morgan fingerprint density at radius 2 is 2.07 bits per heavy atom. The van der Waals surface area contributed by atoms with Gasteiger partial charge in [0, 0.05) is 31.2 Å². The van der Waals surface area contributed by atoms with Crippen molar-refractivity contribution in [2.75, 3.05) is 6.54 Å². The highest BCUT2D eigenvalue weighted by molar-refractivity contribution is 5.95. The van der Waals surface area contributed by atoms with Crippen molar-refractivity contribution in [1.82, 2.24) is 21.3 Å². The van der Waals surface area contributed by atoms with E-state index >= 15 is 0 Å². The quantitative estimate of drug-likeness (QED) is 0.224. The molecule has 3 unspecified atom stereocenters. The van der Waals surface area contributed by atoms with Crippen LogP contribution in [0.25, 0.3) is 0 Å². The molecule has 6 N–H and O–H groups in total. The van der Waals surface area contributed by atoms with E-state index in [0.717, 1.165) is 6.08 Å². The molecule has 0 radical (unpaired) electrons. The Bertz CT molecular complexity index is 703. The van der Waals surface area contributed by atoms with Crippen LogP contribution in [0, 0.1) is 0 Å². The minimum absolute atomic E-state index is 0.110. The van der Waals surface area contributed by atoms with Crippen molar-refractivity contribution >= 4 is 23.6 Å². The lowest BCUT2D eigenvalue weighted by Crippen LogP contribution is -2.58. The molecule has 0 bridgehead atoms. The van der Waals surface area contributed by atoms with E-state index in [9.17, 15) is 29.4 Å². The van der Waals surface area contributed by atoms with Crippen LogP contribution < -0.4 is 21.3 Å². The van der Waals surface area contributed by atoms with Gasteiger partial charge in [-0.15, -0.1) is 0 Å². The fourth-order valence-corrected chi connectivity index (χ4v) is 2.67. The van der Waals surface area contributed by atoms with Crippen LogP contribution in [0.1, 0.15) is 26.7 Å². The van der Waals surface area contributed by atoms with Gasteiger partial charge in [-0.3, -0.25) is 19.2 Å². The summed E-state index contributed by atoms with van der Waals surface area (Å²) in [6, 6.07) is -2.93. The maximum Gasteiger partial charge on any atom is 0.245 e. The third-order valence-electron chi connectivity index (χ3n) is 4.27. The van der Waals surface area contributed by atoms with Crippen molar-refractivity contribution < 1.29 is 29.4 Å². The maximum absolute atomic E-state index is 12.7. The first-order valence-corrected chi connectivity index (χ1v) is 9.66. The molecule has 1 aliphatic rings. The largest absolute Gasteiger partial charge is 0.393 e. The molecule has 5 atom stereocenters. The van der Waals surface area contributed by atoms with E-state index < -0.39 is 48.1 Å². The fraction of sp³-hybridized carbons (Fsp3) is 0.500. The second kappa shape index (κ2) is 12.6. The van der Waals surface area contributed by atoms with E-state index in [0.29, 0.717) is 0 Å². The van der Waals surface area contributed by atoms with E-state index in [1.807, 2.05) is 0 Å². The summed E-state index contributed by atoms with van der Waals surface area (Å²) >= 11 is 0. The molecule has 0 saturated heterocycles. The Hall–Kier alpha value is -2.98. The molecule has 1 rings (SSSR count). The normalized spacial score (nSPS) is 25.1. The van der Waals surface area contributed by atoms with Gasteiger partial charge in [0.05, 0.1) is 12.2 Å². The number of hydrogen-bond donors (Lipinski definition) is 6. The number of carbonyl (C=O) groups is 4. The summed E-state index contributed by atoms with van der Waals surface area (Å²) in [4.78, 5) is 48.7. The molecule has 0 aromatic carbocycles. The fourth-order valence-electron chi connectivity index (χ4n) is 2.67. The van der Waals surface area contributed by atoms with Crippen molar-refractivity contribution in [3.8, 4) is 0 Å². The van der Waals surface area contributed by atoms with Gasteiger partial charge < -0.3 is 31.5 Å². The molecule has 0 aromatic rings. The molecule has 0 saturated carbocycles. The van der Waals surface area contributed by atoms with E-state index in [1.165, 1.54) is 31.2 Å². The van der Waals surface area contributed by atoms with Gasteiger partial charge in [-0.25, -0.2) is 0 Å². The molecule has 0 aromatic heterocycles. The lowest BCUT2D eigenvalue weighted by molar-refractivity contribution is -0.134. The molecule has 4 amide bonds. The zero-order chi connectivity index (χ0) is 22.7. The van der Waals surface area contributed by atoms with Crippen LogP contribution in [0.15, 0.2) is 37.0 Å². The molecule has 1 heterocycles. The highest BCUT2D eigenvalue weighted by Gasteiger charge is 2.31. The van der Waals surface area contributed by atoms with Gasteiger partial charge in [-0.2, -0.15) is 0 Å². The Morgan fingerprint density at radius 3 is 2.70 bits per heavy atom. The minimum Gasteiger partial charge on any atom is -0.393 e. The SMILES string of the molecule is C=C/C=C/C(=O)NC(C(=O)N[C@H]1C[C@H](O)CCNC(=O)C=CC(C)NC1=O)C(C)O. The topological polar surface area (TPSA) is 157 Å². The van der Waals surface area contributed by atoms with Gasteiger partial charge in [0.15, 0.2) is 0 Å². The molecule has 0 spiro atoms. The highest BCUT2D eigenvalue weighted by Crippen LogP contribution is 2.06. The van der Waals surface area contributed by atoms with Crippen molar-refractivity contribution in [3.05, 3.63) is 37.0 Å². The monoisotopic (exact) mass is 422 g/mol. The molecule has 10 heteroatoms. The van der Waals surface area contributed by atoms with Crippen LogP contribution in [-0.2, 0) is 19.2 Å². The zero-order valence-electron chi connectivity index (χ0n) is 17.1. The van der Waals surface area contributed by atoms with Crippen LogP contribution in [0.2, 0.25) is 0 Å². The molecular weight excluding hydrogens is 392 g/mol. The first-order chi connectivity index (χ1) is 14.1. The van der Waals surface area contributed by atoms with Crippen LogP contribution in [0.3, 0.4) is 0 Å². The zero-order valence-corrected chi connectivity index (χ0v) is 17.1. The maximum atomic E-state index is 12.7. The number of carbonyl (C=O) groups excluding carboxylic acids is 4. The Morgan fingerprint density at radius 1 is 1.37 bits per heavy atom. The molecule has 166 valence electrons. The summed E-state index contributed by atoms with van der Waals surface area (Å²) in [6.45, 7) is 6.61. The van der Waals surface area contributed by atoms with E-state index in [4.69, 9.17) is 0 Å². The summed E-state index contributed by atoms with van der Waals surface area (Å²) in [5.74, 6) is -2.30. The van der Waals surface area contributed by atoms with E-state index in [1.54, 1.807) is 6.92 Å². The molecule has 10 nitrogen and oxygen atoms in total. The third kappa shape index (κ3) is 9.01. The summed E-state index contributed by atoms with van der Waals surface area (Å²) < 4.78 is 0. The highest BCUT2D eigenvalue weighted by atomic mass is 16.3. The minimum atomic E-state index is -1.31. The number of allylic oxidation sites excluding steroid dienone is 2. The van der Waals surface area contributed by atoms with Crippen molar-refractivity contribution in [2.45, 2.75) is 57.0 Å². The average molecular weight is 422 g/mol. The summed E-state index contributed by atoms with van der Waals surface area (Å²) in [7, 11) is 0. The van der Waals surface area contributed by atoms with Crippen LogP contribution in [0.4, 0.5) is 0 Å². The van der Waals surface area contributed by atoms with Crippen molar-refractivity contribution in [1.29, 1.82) is 0 Å². The molecular formula is C20H30N4O6. The number of amides is 4. The summed E-state index contributed by atoms with van der Waals surface area (Å²) in [5, 5.41) is 30.2. The van der Waals surface area contributed by atoms with Gasteiger partial charge in [0.25, 0.3) is 0 Å². The first kappa shape index (κ1) is 25.1. The Labute approximate surface area is 175 Å². The van der Waals surface area contributed by atoms with E-state index in [-0.39, 0.29) is 25.3 Å². The first-order valence-electron chi connectivity index (χ1n) is 9.66. The number of aliphatic hydroxyl groups excluding tert-OH is 2. The number of rotatable bonds is 6. The predicted octanol–water partition coefficient (Wildman–Crippen LogP) is -1.59. The summed E-state index contributed by atoms with van der Waals surface area (Å²) in [5.41, 5.74) is 0. The van der Waals surface area contributed by atoms with Gasteiger partial charge in [0.2, 0.25) is 23.6 Å². The molecule has 0 aliphatic carbocycles. The number of aliphatic hydroxyl groups is 2. The average Bonchev–Trinajstić information content (AvgIpc) is 2.67. The standard InChI is InChI=1S/C20H30N4O6/c1-4-5-6-17(28)24-18(13(3)25)20(30)23-15-11-14(26)9-10-21-16(27)8-7-12(2)22-19(15)29/h4-8,12-15,18,25-26H,1,9-11H2,2-3H3,(H,21,27)(H,22,29)(H,23,30)(H,24,28)/b6-5+,8-7?/t12?,13?,14-,15+,18?/m1/s1.